The van der Waals surface area contributed by atoms with Crippen molar-refractivity contribution in [2.45, 2.75) is 52.1 Å². The third-order valence-electron chi connectivity index (χ3n) is 4.78. The minimum absolute atomic E-state index is 0. The molecule has 1 amide bonds. The van der Waals surface area contributed by atoms with Gasteiger partial charge < -0.3 is 15.0 Å². The van der Waals surface area contributed by atoms with Crippen molar-refractivity contribution >= 4 is 18.3 Å². The van der Waals surface area contributed by atoms with Crippen LogP contribution in [0.25, 0.3) is 0 Å². The van der Waals surface area contributed by atoms with Gasteiger partial charge in [-0.25, -0.2) is 0 Å². The van der Waals surface area contributed by atoms with Crippen LogP contribution in [0.5, 0.6) is 5.75 Å². The van der Waals surface area contributed by atoms with Gasteiger partial charge in [-0.3, -0.25) is 4.79 Å². The van der Waals surface area contributed by atoms with Gasteiger partial charge in [0.05, 0.1) is 0 Å². The molecule has 0 aromatic heterocycles. The molecule has 142 valence electrons. The Morgan fingerprint density at radius 3 is 2.52 bits per heavy atom. The Morgan fingerprint density at radius 2 is 1.96 bits per heavy atom. The molecule has 1 atom stereocenters. The number of nitrogens with one attached hydrogen (secondary N) is 1. The van der Waals surface area contributed by atoms with Crippen LogP contribution in [0.15, 0.2) is 24.3 Å². The third-order valence-corrected chi connectivity index (χ3v) is 4.78. The van der Waals surface area contributed by atoms with Gasteiger partial charge >= 0.3 is 0 Å². The Labute approximate surface area is 158 Å². The Hall–Kier alpha value is -1.26. The third kappa shape index (κ3) is 6.19. The first kappa shape index (κ1) is 21.8. The van der Waals surface area contributed by atoms with Gasteiger partial charge in [0.25, 0.3) is 5.91 Å². The highest BCUT2D eigenvalue weighted by molar-refractivity contribution is 5.85. The zero-order valence-corrected chi connectivity index (χ0v) is 17.0. The predicted molar refractivity (Wildman–Crippen MR) is 106 cm³/mol. The van der Waals surface area contributed by atoms with Crippen molar-refractivity contribution < 1.29 is 9.53 Å². The molecule has 1 unspecified atom stereocenters. The summed E-state index contributed by atoms with van der Waals surface area (Å²) in [5, 5.41) is 3.23. The second-order valence-electron chi connectivity index (χ2n) is 7.86. The highest BCUT2D eigenvalue weighted by Crippen LogP contribution is 2.26. The van der Waals surface area contributed by atoms with Crippen LogP contribution in [0.1, 0.15) is 46.1 Å². The molecule has 0 saturated carbocycles. The Kier molecular flexibility index (Phi) is 8.23. The minimum atomic E-state index is -0.443. The van der Waals surface area contributed by atoms with Gasteiger partial charge in [0.2, 0.25) is 0 Å². The summed E-state index contributed by atoms with van der Waals surface area (Å²) in [6, 6.07) is 8.07. The molecular weight excluding hydrogens is 336 g/mol. The van der Waals surface area contributed by atoms with Gasteiger partial charge in [-0.1, -0.05) is 32.9 Å². The quantitative estimate of drug-likeness (QED) is 0.862. The number of carbonyl (C=O) groups excluding carboxylic acids is 1. The van der Waals surface area contributed by atoms with E-state index in [0.717, 1.165) is 38.2 Å². The fourth-order valence-electron chi connectivity index (χ4n) is 3.19. The zero-order valence-electron chi connectivity index (χ0n) is 16.2. The van der Waals surface area contributed by atoms with Gasteiger partial charge in [-0.05, 0) is 62.4 Å². The number of likely N-dealkylation sites (tertiary alicyclic amines) is 1. The van der Waals surface area contributed by atoms with E-state index in [0.29, 0.717) is 5.92 Å². The number of nitrogens with zero attached hydrogens (tertiary/aromatic N) is 1. The summed E-state index contributed by atoms with van der Waals surface area (Å²) in [7, 11) is 1.99. The minimum Gasteiger partial charge on any atom is -0.481 e. The van der Waals surface area contributed by atoms with Gasteiger partial charge in [-0.2, -0.15) is 0 Å². The number of hydrogen-bond acceptors (Lipinski definition) is 3. The number of carbonyl (C=O) groups is 1. The molecule has 1 N–H and O–H groups in total. The first-order valence-electron chi connectivity index (χ1n) is 9.02. The maximum Gasteiger partial charge on any atom is 0.263 e. The molecule has 1 aromatic carbocycles. The summed E-state index contributed by atoms with van der Waals surface area (Å²) in [6.07, 6.45) is 1.69. The van der Waals surface area contributed by atoms with E-state index < -0.39 is 6.10 Å². The molecule has 0 bridgehead atoms. The van der Waals surface area contributed by atoms with Crippen LogP contribution in [0.2, 0.25) is 0 Å². The second kappa shape index (κ2) is 9.44. The molecule has 2 rings (SSSR count). The number of halogens is 1. The van der Waals surface area contributed by atoms with Crippen molar-refractivity contribution in [3.63, 3.8) is 0 Å². The molecule has 1 aliphatic rings. The molecule has 1 saturated heterocycles. The summed E-state index contributed by atoms with van der Waals surface area (Å²) in [4.78, 5) is 14.6. The summed E-state index contributed by atoms with van der Waals surface area (Å²) < 4.78 is 5.94. The summed E-state index contributed by atoms with van der Waals surface area (Å²) >= 11 is 0. The van der Waals surface area contributed by atoms with Crippen molar-refractivity contribution in [2.24, 2.45) is 5.92 Å². The van der Waals surface area contributed by atoms with Crippen LogP contribution < -0.4 is 10.1 Å². The molecule has 4 nitrogen and oxygen atoms in total. The molecule has 1 fully saturated rings. The fourth-order valence-corrected chi connectivity index (χ4v) is 3.19. The number of rotatable bonds is 5. The van der Waals surface area contributed by atoms with Crippen molar-refractivity contribution in [3.05, 3.63) is 29.8 Å². The molecule has 1 heterocycles. The maximum absolute atomic E-state index is 12.6. The van der Waals surface area contributed by atoms with Crippen LogP contribution in [0, 0.1) is 5.92 Å². The second-order valence-corrected chi connectivity index (χ2v) is 7.86. The van der Waals surface area contributed by atoms with Crippen molar-refractivity contribution in [1.82, 2.24) is 10.2 Å². The highest BCUT2D eigenvalue weighted by atomic mass is 35.5. The lowest BCUT2D eigenvalue weighted by Gasteiger charge is -2.33. The van der Waals surface area contributed by atoms with E-state index in [9.17, 15) is 4.79 Å². The molecule has 5 heteroatoms. The highest BCUT2D eigenvalue weighted by Gasteiger charge is 2.27. The van der Waals surface area contributed by atoms with Crippen LogP contribution >= 0.6 is 12.4 Å². The Balaban J connectivity index is 0.00000312. The van der Waals surface area contributed by atoms with Gasteiger partial charge in [0.1, 0.15) is 5.75 Å². The number of ether oxygens (including phenoxy) is 1. The van der Waals surface area contributed by atoms with E-state index in [4.69, 9.17) is 4.74 Å². The van der Waals surface area contributed by atoms with Crippen molar-refractivity contribution in [3.8, 4) is 5.75 Å². The number of hydrogen-bond donors (Lipinski definition) is 1. The molecular formula is C20H33ClN2O2. The molecule has 0 aliphatic carbocycles. The van der Waals surface area contributed by atoms with Crippen molar-refractivity contribution in [1.29, 1.82) is 0 Å². The van der Waals surface area contributed by atoms with E-state index in [-0.39, 0.29) is 23.7 Å². The number of piperidine rings is 1. The van der Waals surface area contributed by atoms with Crippen LogP contribution in [-0.4, -0.2) is 43.6 Å². The van der Waals surface area contributed by atoms with Crippen LogP contribution in [0.4, 0.5) is 0 Å². The summed E-state index contributed by atoms with van der Waals surface area (Å²) in [5.74, 6) is 1.55. The number of amides is 1. The Morgan fingerprint density at radius 1 is 1.32 bits per heavy atom. The maximum atomic E-state index is 12.6. The van der Waals surface area contributed by atoms with Crippen LogP contribution in [-0.2, 0) is 10.2 Å². The van der Waals surface area contributed by atoms with Crippen LogP contribution in [0.3, 0.4) is 0 Å². The average Bonchev–Trinajstić information content (AvgIpc) is 2.54. The lowest BCUT2D eigenvalue weighted by Crippen LogP contribution is -2.45. The standard InChI is InChI=1S/C20H32N2O2.ClH/c1-15(19(23)22-11-9-16(10-12-22)14-21-5)24-18-8-6-7-17(13-18)20(2,3)4;/h6-8,13,15-16,21H,9-12,14H2,1-5H3;1H. The van der Waals surface area contributed by atoms with E-state index in [2.05, 4.69) is 32.2 Å². The first-order chi connectivity index (χ1) is 11.3. The topological polar surface area (TPSA) is 41.6 Å². The molecule has 0 radical (unpaired) electrons. The van der Waals surface area contributed by atoms with Gasteiger partial charge in [0.15, 0.2) is 6.10 Å². The van der Waals surface area contributed by atoms with E-state index in [1.54, 1.807) is 0 Å². The summed E-state index contributed by atoms with van der Waals surface area (Å²) in [6.45, 7) is 11.1. The van der Waals surface area contributed by atoms with Crippen molar-refractivity contribution in [2.75, 3.05) is 26.7 Å². The zero-order chi connectivity index (χ0) is 17.7. The number of benzene rings is 1. The SMILES string of the molecule is CNCC1CCN(C(=O)C(C)Oc2cccc(C(C)(C)C)c2)CC1.Cl. The normalized spacial score (nSPS) is 16.9. The van der Waals surface area contributed by atoms with Gasteiger partial charge in [0, 0.05) is 13.1 Å². The van der Waals surface area contributed by atoms with E-state index >= 15 is 0 Å². The smallest absolute Gasteiger partial charge is 0.263 e. The first-order valence-corrected chi connectivity index (χ1v) is 9.02. The molecule has 0 spiro atoms. The molecule has 1 aromatic rings. The largest absolute Gasteiger partial charge is 0.481 e. The average molecular weight is 369 g/mol. The lowest BCUT2D eigenvalue weighted by atomic mass is 9.87. The molecule has 25 heavy (non-hydrogen) atoms. The fraction of sp³-hybridized carbons (Fsp3) is 0.650. The molecule has 1 aliphatic heterocycles. The lowest BCUT2D eigenvalue weighted by molar-refractivity contribution is -0.139. The van der Waals surface area contributed by atoms with Gasteiger partial charge in [-0.15, -0.1) is 12.4 Å². The summed E-state index contributed by atoms with van der Waals surface area (Å²) in [5.41, 5.74) is 1.29. The van der Waals surface area contributed by atoms with E-state index in [1.165, 1.54) is 5.56 Å². The monoisotopic (exact) mass is 368 g/mol. The Bertz CT molecular complexity index is 549. The van der Waals surface area contributed by atoms with E-state index in [1.807, 2.05) is 37.1 Å². The predicted octanol–water partition coefficient (Wildman–Crippen LogP) is 3.63.